The number of nitrogens with two attached hydrogens (primary N) is 1. The highest BCUT2D eigenvalue weighted by molar-refractivity contribution is 4.92. The van der Waals surface area contributed by atoms with E-state index >= 15 is 0 Å². The summed E-state index contributed by atoms with van der Waals surface area (Å²) in [6.07, 6.45) is 9.42. The summed E-state index contributed by atoms with van der Waals surface area (Å²) in [5.41, 5.74) is 6.24. The van der Waals surface area contributed by atoms with Crippen molar-refractivity contribution in [3.05, 3.63) is 0 Å². The summed E-state index contributed by atoms with van der Waals surface area (Å²) >= 11 is 0. The van der Waals surface area contributed by atoms with Gasteiger partial charge in [0.15, 0.2) is 0 Å². The first-order valence-corrected chi connectivity index (χ1v) is 7.29. The first-order valence-electron chi connectivity index (χ1n) is 7.29. The Labute approximate surface area is 105 Å². The molecule has 2 atom stereocenters. The van der Waals surface area contributed by atoms with Crippen LogP contribution >= 0.6 is 0 Å². The van der Waals surface area contributed by atoms with Crippen molar-refractivity contribution in [2.45, 2.75) is 57.0 Å². The Hall–Kier alpha value is -0.120. The van der Waals surface area contributed by atoms with Crippen LogP contribution in [0.15, 0.2) is 0 Å². The second kappa shape index (κ2) is 6.17. The Morgan fingerprint density at radius 1 is 1.18 bits per heavy atom. The molecule has 0 heterocycles. The van der Waals surface area contributed by atoms with E-state index in [-0.39, 0.29) is 18.7 Å². The van der Waals surface area contributed by atoms with Gasteiger partial charge in [0.25, 0.3) is 0 Å². The van der Waals surface area contributed by atoms with E-state index in [1.165, 1.54) is 44.9 Å². The molecular formula is C14H28N2O. The third-order valence-electron chi connectivity index (χ3n) is 4.63. The minimum Gasteiger partial charge on any atom is -0.395 e. The van der Waals surface area contributed by atoms with Crippen LogP contribution in [0.3, 0.4) is 0 Å². The molecule has 0 saturated heterocycles. The molecule has 0 aromatic rings. The Morgan fingerprint density at radius 3 is 2.35 bits per heavy atom. The molecule has 0 aromatic carbocycles. The van der Waals surface area contributed by atoms with Crippen LogP contribution in [0.4, 0.5) is 0 Å². The molecule has 3 nitrogen and oxygen atoms in total. The topological polar surface area (TPSA) is 49.5 Å². The second-order valence-corrected chi connectivity index (χ2v) is 6.11. The van der Waals surface area contributed by atoms with Crippen molar-refractivity contribution in [2.24, 2.45) is 17.6 Å². The summed E-state index contributed by atoms with van der Waals surface area (Å²) in [7, 11) is 2.14. The number of hydrogen-bond acceptors (Lipinski definition) is 3. The van der Waals surface area contributed by atoms with E-state index in [9.17, 15) is 5.11 Å². The van der Waals surface area contributed by atoms with E-state index in [0.717, 1.165) is 12.5 Å². The lowest BCUT2D eigenvalue weighted by Crippen LogP contribution is -2.51. The summed E-state index contributed by atoms with van der Waals surface area (Å²) in [6, 6.07) is 0.345. The smallest absolute Gasteiger partial charge is 0.0601 e. The van der Waals surface area contributed by atoms with Crippen molar-refractivity contribution < 1.29 is 5.11 Å². The lowest BCUT2D eigenvalue weighted by atomic mass is 9.88. The van der Waals surface area contributed by atoms with Crippen molar-refractivity contribution >= 4 is 0 Å². The molecule has 2 aliphatic rings. The third-order valence-corrected chi connectivity index (χ3v) is 4.63. The fourth-order valence-electron chi connectivity index (χ4n) is 3.26. The van der Waals surface area contributed by atoms with E-state index in [0.29, 0.717) is 5.92 Å². The van der Waals surface area contributed by atoms with Crippen molar-refractivity contribution in [1.29, 1.82) is 0 Å². The van der Waals surface area contributed by atoms with Gasteiger partial charge in [-0.3, -0.25) is 4.90 Å². The van der Waals surface area contributed by atoms with Gasteiger partial charge in [-0.1, -0.05) is 19.3 Å². The summed E-state index contributed by atoms with van der Waals surface area (Å²) in [4.78, 5) is 2.32. The van der Waals surface area contributed by atoms with Gasteiger partial charge in [0.2, 0.25) is 0 Å². The molecule has 0 aliphatic heterocycles. The minimum absolute atomic E-state index is 0.171. The number of aliphatic hydroxyl groups is 1. The number of hydrogen-bond donors (Lipinski definition) is 2. The molecule has 2 fully saturated rings. The number of nitrogens with zero attached hydrogens (tertiary/aromatic N) is 1. The van der Waals surface area contributed by atoms with E-state index in [1.807, 2.05) is 0 Å². The standard InChI is InChI=1S/C14H28N2O/c1-16(9-11-5-3-2-4-6-11)13(10-17)14(15)12-7-8-12/h11-14,17H,2-10,15H2,1H3. The van der Waals surface area contributed by atoms with Crippen LogP contribution in [-0.4, -0.2) is 42.3 Å². The molecule has 0 spiro atoms. The molecule has 0 radical (unpaired) electrons. The maximum atomic E-state index is 9.55. The fraction of sp³-hybridized carbons (Fsp3) is 1.00. The van der Waals surface area contributed by atoms with Gasteiger partial charge in [-0.2, -0.15) is 0 Å². The van der Waals surface area contributed by atoms with Gasteiger partial charge >= 0.3 is 0 Å². The van der Waals surface area contributed by atoms with Crippen molar-refractivity contribution in [3.8, 4) is 0 Å². The average molecular weight is 240 g/mol. The van der Waals surface area contributed by atoms with E-state index in [4.69, 9.17) is 5.73 Å². The predicted molar refractivity (Wildman–Crippen MR) is 70.8 cm³/mol. The van der Waals surface area contributed by atoms with Crippen LogP contribution in [0.5, 0.6) is 0 Å². The first-order chi connectivity index (χ1) is 8.22. The second-order valence-electron chi connectivity index (χ2n) is 6.11. The molecular weight excluding hydrogens is 212 g/mol. The molecule has 3 heteroatoms. The Morgan fingerprint density at radius 2 is 1.82 bits per heavy atom. The van der Waals surface area contributed by atoms with Gasteiger partial charge in [-0.05, 0) is 44.6 Å². The Balaban J connectivity index is 1.80. The lowest BCUT2D eigenvalue weighted by Gasteiger charge is -2.35. The molecule has 2 unspecified atom stereocenters. The van der Waals surface area contributed by atoms with Crippen LogP contribution in [0.2, 0.25) is 0 Å². The Bertz CT molecular complexity index is 224. The minimum atomic E-state index is 0.171. The van der Waals surface area contributed by atoms with E-state index in [1.54, 1.807) is 0 Å². The molecule has 17 heavy (non-hydrogen) atoms. The lowest BCUT2D eigenvalue weighted by molar-refractivity contribution is 0.0991. The Kier molecular flexibility index (Phi) is 4.83. The van der Waals surface area contributed by atoms with Crippen LogP contribution in [0.1, 0.15) is 44.9 Å². The van der Waals surface area contributed by atoms with Crippen LogP contribution in [0, 0.1) is 11.8 Å². The monoisotopic (exact) mass is 240 g/mol. The SMILES string of the molecule is CN(CC1CCCCC1)C(CO)C(N)C1CC1. The summed E-state index contributed by atoms with van der Waals surface area (Å²) in [6.45, 7) is 1.33. The maximum absolute atomic E-state index is 9.55. The maximum Gasteiger partial charge on any atom is 0.0601 e. The normalized spacial score (nSPS) is 26.1. The van der Waals surface area contributed by atoms with E-state index in [2.05, 4.69) is 11.9 Å². The number of likely N-dealkylation sites (N-methyl/N-ethyl adjacent to an activating group) is 1. The number of rotatable bonds is 6. The number of aliphatic hydroxyl groups excluding tert-OH is 1. The zero-order chi connectivity index (χ0) is 12.3. The molecule has 2 rings (SSSR count). The average Bonchev–Trinajstić information content (AvgIpc) is 3.15. The van der Waals surface area contributed by atoms with Gasteiger partial charge in [0.05, 0.1) is 6.61 Å². The van der Waals surface area contributed by atoms with Gasteiger partial charge in [0.1, 0.15) is 0 Å². The summed E-state index contributed by atoms with van der Waals surface area (Å²) < 4.78 is 0. The van der Waals surface area contributed by atoms with Gasteiger partial charge in [0, 0.05) is 18.6 Å². The highest BCUT2D eigenvalue weighted by Crippen LogP contribution is 2.34. The van der Waals surface area contributed by atoms with Gasteiger partial charge in [-0.15, -0.1) is 0 Å². The quantitative estimate of drug-likeness (QED) is 0.741. The highest BCUT2D eigenvalue weighted by atomic mass is 16.3. The molecule has 3 N–H and O–H groups in total. The highest BCUT2D eigenvalue weighted by Gasteiger charge is 2.35. The largest absolute Gasteiger partial charge is 0.395 e. The summed E-state index contributed by atoms with van der Waals surface area (Å²) in [5, 5.41) is 9.55. The zero-order valence-corrected chi connectivity index (χ0v) is 11.1. The van der Waals surface area contributed by atoms with Crippen LogP contribution in [0.25, 0.3) is 0 Å². The summed E-state index contributed by atoms with van der Waals surface area (Å²) in [5.74, 6) is 1.50. The third kappa shape index (κ3) is 3.67. The van der Waals surface area contributed by atoms with Crippen LogP contribution in [-0.2, 0) is 0 Å². The molecule has 2 aliphatic carbocycles. The van der Waals surface area contributed by atoms with Gasteiger partial charge in [-0.25, -0.2) is 0 Å². The zero-order valence-electron chi connectivity index (χ0n) is 11.1. The first kappa shape index (κ1) is 13.3. The van der Waals surface area contributed by atoms with E-state index < -0.39 is 0 Å². The van der Waals surface area contributed by atoms with Crippen LogP contribution < -0.4 is 5.73 Å². The molecule has 100 valence electrons. The van der Waals surface area contributed by atoms with Crippen molar-refractivity contribution in [2.75, 3.05) is 20.2 Å². The molecule has 0 aromatic heterocycles. The van der Waals surface area contributed by atoms with Crippen molar-refractivity contribution in [1.82, 2.24) is 4.90 Å². The van der Waals surface area contributed by atoms with Crippen molar-refractivity contribution in [3.63, 3.8) is 0 Å². The fourth-order valence-corrected chi connectivity index (χ4v) is 3.26. The molecule has 0 amide bonds. The predicted octanol–water partition coefficient (Wildman–Crippen LogP) is 1.60. The van der Waals surface area contributed by atoms with Gasteiger partial charge < -0.3 is 10.8 Å². The molecule has 0 bridgehead atoms. The molecule has 2 saturated carbocycles.